The number of carboxylic acids is 1. The number of halogens is 3. The number of aromatic nitrogens is 1. The molecule has 138 valence electrons. The summed E-state index contributed by atoms with van der Waals surface area (Å²) in [6, 6.07) is 2.49. The molecule has 9 heteroatoms. The van der Waals surface area contributed by atoms with Crippen LogP contribution in [-0.2, 0) is 4.79 Å². The van der Waals surface area contributed by atoms with Crippen molar-refractivity contribution in [1.29, 1.82) is 0 Å². The van der Waals surface area contributed by atoms with E-state index in [1.54, 1.807) is 13.8 Å². The van der Waals surface area contributed by atoms with E-state index < -0.39 is 30.1 Å². The van der Waals surface area contributed by atoms with Gasteiger partial charge in [-0.05, 0) is 18.4 Å². The van der Waals surface area contributed by atoms with Crippen LogP contribution in [0.15, 0.2) is 18.3 Å². The molecule has 1 aliphatic rings. The fourth-order valence-corrected chi connectivity index (χ4v) is 2.86. The lowest BCUT2D eigenvalue weighted by Crippen LogP contribution is -2.40. The molecule has 1 atom stereocenters. The van der Waals surface area contributed by atoms with Crippen molar-refractivity contribution in [3.63, 3.8) is 0 Å². The first-order valence-corrected chi connectivity index (χ1v) is 7.73. The third kappa shape index (κ3) is 4.21. The first-order chi connectivity index (χ1) is 11.5. The minimum Gasteiger partial charge on any atom is -0.481 e. The SMILES string of the molecule is CC(C)C1(C(=O)O)CCN(C(=O)c2ccnc(OCC(F)(F)F)c2)C1. The normalized spacial score (nSPS) is 20.8. The molecule has 0 bridgehead atoms. The van der Waals surface area contributed by atoms with Gasteiger partial charge in [-0.1, -0.05) is 13.8 Å². The maximum atomic E-state index is 12.6. The van der Waals surface area contributed by atoms with Crippen molar-refractivity contribution < 1.29 is 32.6 Å². The number of hydrogen-bond acceptors (Lipinski definition) is 4. The summed E-state index contributed by atoms with van der Waals surface area (Å²) in [6.45, 7) is 2.40. The molecule has 25 heavy (non-hydrogen) atoms. The maximum Gasteiger partial charge on any atom is 0.422 e. The molecule has 0 aliphatic carbocycles. The maximum absolute atomic E-state index is 12.6. The van der Waals surface area contributed by atoms with Crippen molar-refractivity contribution in [3.8, 4) is 5.88 Å². The summed E-state index contributed by atoms with van der Waals surface area (Å²) in [6.07, 6.45) is -2.99. The molecule has 1 amide bonds. The summed E-state index contributed by atoms with van der Waals surface area (Å²) >= 11 is 0. The Bertz CT molecular complexity index is 663. The number of rotatable bonds is 5. The Kier molecular flexibility index (Phi) is 5.24. The first-order valence-electron chi connectivity index (χ1n) is 7.73. The van der Waals surface area contributed by atoms with Gasteiger partial charge in [-0.25, -0.2) is 4.98 Å². The molecule has 1 aliphatic heterocycles. The molecule has 0 aromatic carbocycles. The van der Waals surface area contributed by atoms with Crippen molar-refractivity contribution in [2.45, 2.75) is 26.4 Å². The van der Waals surface area contributed by atoms with Crippen LogP contribution in [0.25, 0.3) is 0 Å². The smallest absolute Gasteiger partial charge is 0.422 e. The van der Waals surface area contributed by atoms with Crippen LogP contribution >= 0.6 is 0 Å². The van der Waals surface area contributed by atoms with Gasteiger partial charge < -0.3 is 14.7 Å². The van der Waals surface area contributed by atoms with Gasteiger partial charge >= 0.3 is 12.1 Å². The van der Waals surface area contributed by atoms with Crippen molar-refractivity contribution >= 4 is 11.9 Å². The Hall–Kier alpha value is -2.32. The van der Waals surface area contributed by atoms with Gasteiger partial charge in [0.15, 0.2) is 6.61 Å². The number of carboxylic acid groups (broad SMARTS) is 1. The molecular weight excluding hydrogens is 341 g/mol. The summed E-state index contributed by atoms with van der Waals surface area (Å²) in [5.41, 5.74) is -0.907. The van der Waals surface area contributed by atoms with Crippen molar-refractivity contribution in [2.75, 3.05) is 19.7 Å². The minimum atomic E-state index is -4.50. The van der Waals surface area contributed by atoms with Gasteiger partial charge in [-0.3, -0.25) is 9.59 Å². The van der Waals surface area contributed by atoms with E-state index in [-0.39, 0.29) is 30.5 Å². The topological polar surface area (TPSA) is 79.7 Å². The van der Waals surface area contributed by atoms with Crippen LogP contribution in [0.5, 0.6) is 5.88 Å². The third-order valence-electron chi connectivity index (χ3n) is 4.48. The highest BCUT2D eigenvalue weighted by atomic mass is 19.4. The molecule has 1 aromatic heterocycles. The Labute approximate surface area is 142 Å². The van der Waals surface area contributed by atoms with Crippen LogP contribution in [0.1, 0.15) is 30.6 Å². The molecule has 1 saturated heterocycles. The predicted octanol–water partition coefficient (Wildman–Crippen LogP) is 2.60. The van der Waals surface area contributed by atoms with Gasteiger partial charge in [0.2, 0.25) is 5.88 Å². The second-order valence-electron chi connectivity index (χ2n) is 6.38. The molecule has 6 nitrogen and oxygen atoms in total. The van der Waals surface area contributed by atoms with Crippen LogP contribution in [0.4, 0.5) is 13.2 Å². The number of hydrogen-bond donors (Lipinski definition) is 1. The lowest BCUT2D eigenvalue weighted by atomic mass is 9.76. The summed E-state index contributed by atoms with van der Waals surface area (Å²) in [4.78, 5) is 29.2. The predicted molar refractivity (Wildman–Crippen MR) is 81.2 cm³/mol. The molecule has 1 aromatic rings. The van der Waals surface area contributed by atoms with E-state index in [1.807, 2.05) is 0 Å². The highest BCUT2D eigenvalue weighted by molar-refractivity contribution is 5.95. The fraction of sp³-hybridized carbons (Fsp3) is 0.562. The molecule has 2 heterocycles. The van der Waals surface area contributed by atoms with E-state index in [9.17, 15) is 27.9 Å². The number of aliphatic carboxylic acids is 1. The Balaban J connectivity index is 2.12. The number of likely N-dealkylation sites (tertiary alicyclic amines) is 1. The third-order valence-corrected chi connectivity index (χ3v) is 4.48. The number of ether oxygens (including phenoxy) is 1. The summed E-state index contributed by atoms with van der Waals surface area (Å²) < 4.78 is 41.1. The zero-order chi connectivity index (χ0) is 18.8. The standard InChI is InChI=1S/C16H19F3N2O4/c1-10(2)15(14(23)24)4-6-21(8-15)13(22)11-3-5-20-12(7-11)25-9-16(17,18)19/h3,5,7,10H,4,6,8-9H2,1-2H3,(H,23,24). The highest BCUT2D eigenvalue weighted by Gasteiger charge is 2.48. The van der Waals surface area contributed by atoms with E-state index in [1.165, 1.54) is 17.2 Å². The van der Waals surface area contributed by atoms with E-state index in [2.05, 4.69) is 9.72 Å². The average molecular weight is 360 g/mol. The second kappa shape index (κ2) is 6.89. The Morgan fingerprint density at radius 1 is 1.44 bits per heavy atom. The summed E-state index contributed by atoms with van der Waals surface area (Å²) in [5.74, 6) is -1.88. The summed E-state index contributed by atoms with van der Waals surface area (Å²) in [5, 5.41) is 9.52. The zero-order valence-electron chi connectivity index (χ0n) is 13.8. The van der Waals surface area contributed by atoms with E-state index in [0.717, 1.165) is 6.07 Å². The molecule has 2 rings (SSSR count). The molecule has 1 fully saturated rings. The Morgan fingerprint density at radius 3 is 2.64 bits per heavy atom. The van der Waals surface area contributed by atoms with Crippen LogP contribution in [-0.4, -0.2) is 52.7 Å². The van der Waals surface area contributed by atoms with Gasteiger partial charge in [-0.15, -0.1) is 0 Å². The molecule has 0 saturated carbocycles. The highest BCUT2D eigenvalue weighted by Crippen LogP contribution is 2.38. The van der Waals surface area contributed by atoms with Gasteiger partial charge in [0.25, 0.3) is 5.91 Å². The van der Waals surface area contributed by atoms with Gasteiger partial charge in [0, 0.05) is 30.9 Å². The molecule has 0 radical (unpaired) electrons. The van der Waals surface area contributed by atoms with Crippen LogP contribution < -0.4 is 4.74 Å². The number of nitrogens with zero attached hydrogens (tertiary/aromatic N) is 2. The first kappa shape index (κ1) is 19.0. The largest absolute Gasteiger partial charge is 0.481 e. The molecule has 0 spiro atoms. The molecule has 1 N–H and O–H groups in total. The number of amides is 1. The number of pyridine rings is 1. The number of alkyl halides is 3. The van der Waals surface area contributed by atoms with Crippen molar-refractivity contribution in [1.82, 2.24) is 9.88 Å². The van der Waals surface area contributed by atoms with Crippen LogP contribution in [0.3, 0.4) is 0 Å². The van der Waals surface area contributed by atoms with Crippen molar-refractivity contribution in [3.05, 3.63) is 23.9 Å². The zero-order valence-corrected chi connectivity index (χ0v) is 13.8. The average Bonchev–Trinajstić information content (AvgIpc) is 2.98. The number of carbonyl (C=O) groups is 2. The fourth-order valence-electron chi connectivity index (χ4n) is 2.86. The monoisotopic (exact) mass is 360 g/mol. The summed E-state index contributed by atoms with van der Waals surface area (Å²) in [7, 11) is 0. The van der Waals surface area contributed by atoms with Crippen molar-refractivity contribution in [2.24, 2.45) is 11.3 Å². The quantitative estimate of drug-likeness (QED) is 0.873. The molecular formula is C16H19F3N2O4. The lowest BCUT2D eigenvalue weighted by Gasteiger charge is -2.28. The van der Waals surface area contributed by atoms with E-state index >= 15 is 0 Å². The van der Waals surface area contributed by atoms with E-state index in [4.69, 9.17) is 0 Å². The molecule has 1 unspecified atom stereocenters. The van der Waals surface area contributed by atoms with E-state index in [0.29, 0.717) is 6.42 Å². The lowest BCUT2D eigenvalue weighted by molar-refractivity contribution is -0.154. The minimum absolute atomic E-state index is 0.0555. The van der Waals surface area contributed by atoms with Crippen LogP contribution in [0.2, 0.25) is 0 Å². The van der Waals surface area contributed by atoms with Crippen LogP contribution in [0, 0.1) is 11.3 Å². The van der Waals surface area contributed by atoms with Gasteiger partial charge in [0.1, 0.15) is 0 Å². The Morgan fingerprint density at radius 2 is 2.12 bits per heavy atom. The number of carbonyl (C=O) groups excluding carboxylic acids is 1. The second-order valence-corrected chi connectivity index (χ2v) is 6.38. The van der Waals surface area contributed by atoms with Gasteiger partial charge in [-0.2, -0.15) is 13.2 Å². The van der Waals surface area contributed by atoms with Gasteiger partial charge in [0.05, 0.1) is 5.41 Å².